The zero-order chi connectivity index (χ0) is 21.6. The molecule has 0 saturated carbocycles. The smallest absolute Gasteiger partial charge is 0.182 e. The first-order chi connectivity index (χ1) is 15.2. The van der Waals surface area contributed by atoms with Crippen molar-refractivity contribution < 1.29 is 4.74 Å². The summed E-state index contributed by atoms with van der Waals surface area (Å²) in [4.78, 5) is 9.53. The Labute approximate surface area is 192 Å². The molecule has 2 heterocycles. The molecular weight excluding hydrogens is 404 g/mol. The number of ether oxygens (including phenoxy) is 1. The molecule has 0 bridgehead atoms. The third-order valence-corrected chi connectivity index (χ3v) is 6.73. The van der Waals surface area contributed by atoms with Gasteiger partial charge in [0.15, 0.2) is 5.11 Å². The summed E-state index contributed by atoms with van der Waals surface area (Å²) in [5.41, 5.74) is 5.02. The average Bonchev–Trinajstić information content (AvgIpc) is 2.84. The molecule has 2 aromatic rings. The maximum absolute atomic E-state index is 6.00. The normalized spacial score (nSPS) is 18.6. The van der Waals surface area contributed by atoms with Crippen molar-refractivity contribution >= 4 is 28.7 Å². The van der Waals surface area contributed by atoms with Gasteiger partial charge in [0.05, 0.1) is 26.6 Å². The van der Waals surface area contributed by atoms with Crippen LogP contribution in [0.2, 0.25) is 0 Å². The summed E-state index contributed by atoms with van der Waals surface area (Å²) in [6.45, 7) is 11.8. The number of thiocarbonyl (C=S) groups is 1. The van der Waals surface area contributed by atoms with E-state index in [1.807, 2.05) is 0 Å². The minimum absolute atomic E-state index is 0.818. The molecule has 0 amide bonds. The fourth-order valence-corrected chi connectivity index (χ4v) is 4.49. The predicted octanol–water partition coefficient (Wildman–Crippen LogP) is 3.97. The van der Waals surface area contributed by atoms with Gasteiger partial charge < -0.3 is 14.5 Å². The van der Waals surface area contributed by atoms with Crippen molar-refractivity contribution in [2.24, 2.45) is 0 Å². The molecule has 6 heteroatoms. The van der Waals surface area contributed by atoms with Gasteiger partial charge in [-0.1, -0.05) is 38.1 Å². The van der Waals surface area contributed by atoms with Crippen molar-refractivity contribution in [3.05, 3.63) is 59.7 Å². The van der Waals surface area contributed by atoms with Gasteiger partial charge in [0.1, 0.15) is 0 Å². The first kappa shape index (κ1) is 22.2. The van der Waals surface area contributed by atoms with Gasteiger partial charge in [0, 0.05) is 37.6 Å². The summed E-state index contributed by atoms with van der Waals surface area (Å²) in [6, 6.07) is 17.7. The molecule has 2 saturated heterocycles. The maximum Gasteiger partial charge on any atom is 0.182 e. The van der Waals surface area contributed by atoms with Crippen molar-refractivity contribution in [2.75, 3.05) is 62.5 Å². The van der Waals surface area contributed by atoms with Crippen LogP contribution in [0.5, 0.6) is 0 Å². The molecule has 5 nitrogen and oxygen atoms in total. The fraction of sp³-hybridized carbons (Fsp3) is 0.480. The Balaban J connectivity index is 1.54. The first-order valence-electron chi connectivity index (χ1n) is 11.5. The summed E-state index contributed by atoms with van der Waals surface area (Å²) in [6.07, 6.45) is 2.10. The molecule has 2 aromatic carbocycles. The van der Waals surface area contributed by atoms with Crippen LogP contribution in [0.25, 0.3) is 0 Å². The van der Waals surface area contributed by atoms with Gasteiger partial charge in [-0.25, -0.2) is 0 Å². The van der Waals surface area contributed by atoms with E-state index in [-0.39, 0.29) is 0 Å². The fourth-order valence-electron chi connectivity index (χ4n) is 4.17. The second-order valence-electron chi connectivity index (χ2n) is 8.31. The Kier molecular flexibility index (Phi) is 7.56. The first-order valence-corrected chi connectivity index (χ1v) is 11.9. The number of aryl methyl sites for hydroxylation is 2. The molecule has 31 heavy (non-hydrogen) atoms. The van der Waals surface area contributed by atoms with E-state index in [9.17, 15) is 0 Å². The predicted molar refractivity (Wildman–Crippen MR) is 133 cm³/mol. The van der Waals surface area contributed by atoms with Gasteiger partial charge >= 0.3 is 0 Å². The molecule has 0 aromatic heterocycles. The van der Waals surface area contributed by atoms with Crippen LogP contribution in [0.3, 0.4) is 0 Å². The van der Waals surface area contributed by atoms with Crippen molar-refractivity contribution in [3.63, 3.8) is 0 Å². The monoisotopic (exact) mass is 438 g/mol. The van der Waals surface area contributed by atoms with E-state index in [1.165, 1.54) is 11.1 Å². The topological polar surface area (TPSA) is 22.2 Å². The molecule has 0 N–H and O–H groups in total. The van der Waals surface area contributed by atoms with E-state index in [0.29, 0.717) is 0 Å². The Bertz CT molecular complexity index is 789. The van der Waals surface area contributed by atoms with Crippen LogP contribution in [-0.2, 0) is 17.6 Å². The van der Waals surface area contributed by atoms with E-state index < -0.39 is 0 Å². The summed E-state index contributed by atoms with van der Waals surface area (Å²) in [5.74, 6) is 0. The molecule has 0 atom stereocenters. The highest BCUT2D eigenvalue weighted by molar-refractivity contribution is 7.80. The van der Waals surface area contributed by atoms with E-state index in [4.69, 9.17) is 17.0 Å². The van der Waals surface area contributed by atoms with Crippen LogP contribution < -0.4 is 9.80 Å². The summed E-state index contributed by atoms with van der Waals surface area (Å²) >= 11 is 6.00. The number of hydrogen-bond acceptors (Lipinski definition) is 4. The number of morpholine rings is 1. The minimum atomic E-state index is 0.818. The highest BCUT2D eigenvalue weighted by Gasteiger charge is 2.29. The van der Waals surface area contributed by atoms with Gasteiger partial charge in [0.2, 0.25) is 0 Å². The van der Waals surface area contributed by atoms with Crippen LogP contribution in [0.15, 0.2) is 48.5 Å². The SMILES string of the molecule is CCc1ccc(N2CN(CCN3CCOCC3)CN(c3ccc(CC)cc3)C2=S)cc1. The Morgan fingerprint density at radius 1 is 0.710 bits per heavy atom. The highest BCUT2D eigenvalue weighted by atomic mass is 32.1. The minimum Gasteiger partial charge on any atom is -0.379 e. The van der Waals surface area contributed by atoms with Gasteiger partial charge in [-0.3, -0.25) is 9.80 Å². The van der Waals surface area contributed by atoms with Crippen molar-refractivity contribution in [2.45, 2.75) is 26.7 Å². The molecular formula is C25H34N4OS. The molecule has 0 spiro atoms. The van der Waals surface area contributed by atoms with Crippen LogP contribution in [0.1, 0.15) is 25.0 Å². The van der Waals surface area contributed by atoms with Crippen LogP contribution in [0.4, 0.5) is 11.4 Å². The average molecular weight is 439 g/mol. The lowest BCUT2D eigenvalue weighted by atomic mass is 10.1. The Morgan fingerprint density at radius 2 is 1.16 bits per heavy atom. The zero-order valence-corrected chi connectivity index (χ0v) is 19.6. The van der Waals surface area contributed by atoms with Crippen LogP contribution >= 0.6 is 12.2 Å². The van der Waals surface area contributed by atoms with Gasteiger partial charge in [0.25, 0.3) is 0 Å². The lowest BCUT2D eigenvalue weighted by Gasteiger charge is -2.45. The number of benzene rings is 2. The van der Waals surface area contributed by atoms with E-state index >= 15 is 0 Å². The van der Waals surface area contributed by atoms with Crippen molar-refractivity contribution in [1.82, 2.24) is 9.80 Å². The van der Waals surface area contributed by atoms with Crippen LogP contribution in [-0.4, -0.2) is 67.6 Å². The zero-order valence-electron chi connectivity index (χ0n) is 18.8. The van der Waals surface area contributed by atoms with E-state index in [1.54, 1.807) is 0 Å². The van der Waals surface area contributed by atoms with Crippen LogP contribution in [0, 0.1) is 0 Å². The molecule has 2 aliphatic rings. The molecule has 4 rings (SSSR count). The van der Waals surface area contributed by atoms with Crippen molar-refractivity contribution in [3.8, 4) is 0 Å². The second-order valence-corrected chi connectivity index (χ2v) is 8.68. The van der Waals surface area contributed by atoms with Gasteiger partial charge in [-0.15, -0.1) is 0 Å². The van der Waals surface area contributed by atoms with Gasteiger partial charge in [-0.05, 0) is 60.5 Å². The van der Waals surface area contributed by atoms with E-state index in [0.717, 1.165) is 82.1 Å². The largest absolute Gasteiger partial charge is 0.379 e. The summed E-state index contributed by atoms with van der Waals surface area (Å²) in [5, 5.41) is 0.871. The van der Waals surface area contributed by atoms with E-state index in [2.05, 4.69) is 82.0 Å². The number of rotatable bonds is 7. The molecule has 2 aliphatic heterocycles. The molecule has 0 aliphatic carbocycles. The molecule has 0 radical (unpaired) electrons. The summed E-state index contributed by atoms with van der Waals surface area (Å²) in [7, 11) is 0. The Hall–Kier alpha value is -1.99. The Morgan fingerprint density at radius 3 is 1.61 bits per heavy atom. The van der Waals surface area contributed by atoms with Gasteiger partial charge in [-0.2, -0.15) is 0 Å². The standard InChI is InChI=1S/C25H34N4OS/c1-3-21-5-9-23(10-6-21)28-19-27(14-13-26-15-17-30-18-16-26)20-29(25(28)31)24-11-7-22(4-2)8-12-24/h5-12H,3-4,13-20H2,1-2H3. The number of nitrogens with zero attached hydrogens (tertiary/aromatic N) is 4. The molecule has 0 unspecified atom stereocenters. The number of hydrogen-bond donors (Lipinski definition) is 0. The molecule has 2 fully saturated rings. The van der Waals surface area contributed by atoms with Crippen molar-refractivity contribution in [1.29, 1.82) is 0 Å². The highest BCUT2D eigenvalue weighted by Crippen LogP contribution is 2.26. The number of anilines is 2. The quantitative estimate of drug-likeness (QED) is 0.606. The third-order valence-electron chi connectivity index (χ3n) is 6.29. The lowest BCUT2D eigenvalue weighted by Crippen LogP contribution is -2.59. The molecule has 166 valence electrons. The third kappa shape index (κ3) is 5.44. The lowest BCUT2D eigenvalue weighted by molar-refractivity contribution is 0.0334. The maximum atomic E-state index is 6.00. The summed E-state index contributed by atoms with van der Waals surface area (Å²) < 4.78 is 5.50. The second kappa shape index (κ2) is 10.6.